The monoisotopic (exact) mass is 398 g/mol. The number of nitrogens with two attached hydrogens (primary N) is 2. The second-order valence-corrected chi connectivity index (χ2v) is 7.05. The Morgan fingerprint density at radius 2 is 2.10 bits per heavy atom. The number of amides is 1. The van der Waals surface area contributed by atoms with E-state index >= 15 is 0 Å². The van der Waals surface area contributed by atoms with Gasteiger partial charge in [-0.1, -0.05) is 0 Å². The van der Waals surface area contributed by atoms with Gasteiger partial charge in [0.1, 0.15) is 0 Å². The Kier molecular flexibility index (Phi) is 5.95. The number of aromatic nitrogens is 4. The van der Waals surface area contributed by atoms with Gasteiger partial charge in [-0.3, -0.25) is 4.79 Å². The topological polar surface area (TPSA) is 146 Å². The number of nitrogens with one attached hydrogen (secondary N) is 2. The van der Waals surface area contributed by atoms with E-state index in [0.29, 0.717) is 6.61 Å². The van der Waals surface area contributed by atoms with E-state index in [1.807, 2.05) is 43.8 Å². The Bertz CT molecular complexity index is 1030. The van der Waals surface area contributed by atoms with Gasteiger partial charge in [0, 0.05) is 43.5 Å². The second kappa shape index (κ2) is 8.41. The van der Waals surface area contributed by atoms with Crippen molar-refractivity contribution in [2.45, 2.75) is 25.9 Å². The van der Waals surface area contributed by atoms with E-state index in [9.17, 15) is 4.79 Å². The fraction of sp³-hybridized carbons (Fsp3) is 0.368. The Labute approximate surface area is 168 Å². The summed E-state index contributed by atoms with van der Waals surface area (Å²) in [5.74, 6) is -0.271. The fourth-order valence-electron chi connectivity index (χ4n) is 3.03. The van der Waals surface area contributed by atoms with Crippen LogP contribution in [0.3, 0.4) is 0 Å². The summed E-state index contributed by atoms with van der Waals surface area (Å²) in [7, 11) is 3.56. The van der Waals surface area contributed by atoms with Crippen LogP contribution < -0.4 is 22.1 Å². The number of hydrogen-bond acceptors (Lipinski definition) is 8. The lowest BCUT2D eigenvalue weighted by Crippen LogP contribution is -2.41. The van der Waals surface area contributed by atoms with Crippen LogP contribution in [-0.4, -0.2) is 51.5 Å². The SMILES string of the molecule is COC[C@H](N)[C@H](C)Nc1nnc(C(N)=O)c(Nc2cc(C)cc3c2ccn3C)n1. The van der Waals surface area contributed by atoms with E-state index in [0.717, 1.165) is 22.2 Å². The van der Waals surface area contributed by atoms with Crippen LogP contribution in [0.2, 0.25) is 0 Å². The molecule has 0 fully saturated rings. The predicted molar refractivity (Wildman–Crippen MR) is 112 cm³/mol. The maximum absolute atomic E-state index is 11.9. The van der Waals surface area contributed by atoms with Gasteiger partial charge in [0.25, 0.3) is 5.91 Å². The molecule has 154 valence electrons. The number of anilines is 3. The van der Waals surface area contributed by atoms with Gasteiger partial charge in [0.2, 0.25) is 5.95 Å². The summed E-state index contributed by atoms with van der Waals surface area (Å²) < 4.78 is 7.09. The minimum atomic E-state index is -0.722. The van der Waals surface area contributed by atoms with Crippen molar-refractivity contribution in [3.63, 3.8) is 0 Å². The molecule has 0 aliphatic rings. The molecule has 29 heavy (non-hydrogen) atoms. The summed E-state index contributed by atoms with van der Waals surface area (Å²) in [6.45, 7) is 4.26. The van der Waals surface area contributed by atoms with Crippen LogP contribution in [0.5, 0.6) is 0 Å². The van der Waals surface area contributed by atoms with E-state index < -0.39 is 5.91 Å². The summed E-state index contributed by atoms with van der Waals surface area (Å²) in [5, 5.41) is 15.2. The van der Waals surface area contributed by atoms with Crippen LogP contribution in [0.15, 0.2) is 24.4 Å². The van der Waals surface area contributed by atoms with Crippen molar-refractivity contribution in [3.8, 4) is 0 Å². The quantitative estimate of drug-likeness (QED) is 0.444. The lowest BCUT2D eigenvalue weighted by atomic mass is 10.1. The third kappa shape index (κ3) is 4.44. The highest BCUT2D eigenvalue weighted by Crippen LogP contribution is 2.29. The van der Waals surface area contributed by atoms with Crippen LogP contribution in [-0.2, 0) is 11.8 Å². The second-order valence-electron chi connectivity index (χ2n) is 7.05. The van der Waals surface area contributed by atoms with Gasteiger partial charge in [0.15, 0.2) is 11.5 Å². The highest BCUT2D eigenvalue weighted by Gasteiger charge is 2.19. The number of rotatable bonds is 8. The van der Waals surface area contributed by atoms with Gasteiger partial charge < -0.3 is 31.4 Å². The molecule has 0 aliphatic carbocycles. The van der Waals surface area contributed by atoms with Gasteiger partial charge in [-0.15, -0.1) is 10.2 Å². The number of fused-ring (bicyclic) bond motifs is 1. The smallest absolute Gasteiger partial charge is 0.273 e. The molecule has 0 saturated heterocycles. The molecule has 1 aromatic carbocycles. The molecule has 2 atom stereocenters. The van der Waals surface area contributed by atoms with Crippen molar-refractivity contribution in [2.75, 3.05) is 24.4 Å². The molecule has 2 aromatic heterocycles. The van der Waals surface area contributed by atoms with Crippen LogP contribution in [0.25, 0.3) is 10.9 Å². The molecular formula is C19H26N8O2. The lowest BCUT2D eigenvalue weighted by Gasteiger charge is -2.20. The normalized spacial score (nSPS) is 13.3. The van der Waals surface area contributed by atoms with Gasteiger partial charge in [-0.05, 0) is 37.6 Å². The number of primary amides is 1. The molecule has 0 saturated carbocycles. The standard InChI is InChI=1S/C19H26N8O2/c1-10-7-14(12-5-6-27(3)15(12)8-10)23-18-16(17(21)28)25-26-19(24-18)22-11(2)13(20)9-29-4/h5-8,11,13H,9,20H2,1-4H3,(H2,21,28)(H2,22,23,24,26)/t11-,13-/m0/s1. The van der Waals surface area contributed by atoms with E-state index in [4.69, 9.17) is 16.2 Å². The zero-order valence-electron chi connectivity index (χ0n) is 16.9. The third-order valence-corrected chi connectivity index (χ3v) is 4.68. The number of hydrogen-bond donors (Lipinski definition) is 4. The summed E-state index contributed by atoms with van der Waals surface area (Å²) in [6, 6.07) is 5.60. The van der Waals surface area contributed by atoms with Crippen molar-refractivity contribution in [3.05, 3.63) is 35.7 Å². The average molecular weight is 398 g/mol. The Morgan fingerprint density at radius 1 is 1.34 bits per heavy atom. The van der Waals surface area contributed by atoms with Crippen LogP contribution in [0.1, 0.15) is 23.0 Å². The first-order chi connectivity index (χ1) is 13.8. The molecule has 1 amide bonds. The third-order valence-electron chi connectivity index (χ3n) is 4.68. The fourth-order valence-corrected chi connectivity index (χ4v) is 3.03. The number of ether oxygens (including phenoxy) is 1. The average Bonchev–Trinajstić information content (AvgIpc) is 3.03. The van der Waals surface area contributed by atoms with Gasteiger partial charge in [-0.2, -0.15) is 4.98 Å². The largest absolute Gasteiger partial charge is 0.383 e. The van der Waals surface area contributed by atoms with E-state index in [1.54, 1.807) is 7.11 Å². The van der Waals surface area contributed by atoms with Gasteiger partial charge in [-0.25, -0.2) is 0 Å². The minimum absolute atomic E-state index is 0.0463. The predicted octanol–water partition coefficient (Wildman–Crippen LogP) is 1.29. The molecule has 0 unspecified atom stereocenters. The molecule has 0 aliphatic heterocycles. The maximum atomic E-state index is 11.9. The van der Waals surface area contributed by atoms with Crippen molar-refractivity contribution < 1.29 is 9.53 Å². The lowest BCUT2D eigenvalue weighted by molar-refractivity contribution is 0.0995. The summed E-state index contributed by atoms with van der Waals surface area (Å²) in [6.07, 6.45) is 1.97. The van der Waals surface area contributed by atoms with E-state index in [2.05, 4.69) is 31.9 Å². The number of carbonyl (C=O) groups is 1. The number of methoxy groups -OCH3 is 1. The van der Waals surface area contributed by atoms with Crippen molar-refractivity contribution in [1.82, 2.24) is 19.7 Å². The molecule has 0 bridgehead atoms. The molecule has 0 radical (unpaired) electrons. The number of benzene rings is 1. The first kappa shape index (κ1) is 20.5. The highest BCUT2D eigenvalue weighted by atomic mass is 16.5. The summed E-state index contributed by atoms with van der Waals surface area (Å²) >= 11 is 0. The van der Waals surface area contributed by atoms with Crippen molar-refractivity contribution in [1.29, 1.82) is 0 Å². The Balaban J connectivity index is 1.97. The molecule has 10 heteroatoms. The van der Waals surface area contributed by atoms with Gasteiger partial charge in [0.05, 0.1) is 12.1 Å². The zero-order chi connectivity index (χ0) is 21.1. The van der Waals surface area contributed by atoms with Gasteiger partial charge >= 0.3 is 0 Å². The Hall–Kier alpha value is -3.24. The molecular weight excluding hydrogens is 372 g/mol. The number of aryl methyl sites for hydroxylation is 2. The Morgan fingerprint density at radius 3 is 2.79 bits per heavy atom. The first-order valence-corrected chi connectivity index (χ1v) is 9.18. The molecule has 2 heterocycles. The zero-order valence-corrected chi connectivity index (χ0v) is 16.9. The van der Waals surface area contributed by atoms with Crippen molar-refractivity contribution in [2.24, 2.45) is 18.5 Å². The maximum Gasteiger partial charge on any atom is 0.273 e. The molecule has 6 N–H and O–H groups in total. The minimum Gasteiger partial charge on any atom is -0.383 e. The molecule has 0 spiro atoms. The molecule has 3 rings (SSSR count). The van der Waals surface area contributed by atoms with Crippen LogP contribution in [0.4, 0.5) is 17.5 Å². The number of nitrogens with zero attached hydrogens (tertiary/aromatic N) is 4. The summed E-state index contributed by atoms with van der Waals surface area (Å²) in [4.78, 5) is 16.3. The van der Waals surface area contributed by atoms with E-state index in [1.165, 1.54) is 0 Å². The number of carbonyl (C=O) groups excluding carboxylic acids is 1. The molecule has 10 nitrogen and oxygen atoms in total. The van der Waals surface area contributed by atoms with Crippen LogP contribution in [0, 0.1) is 6.92 Å². The van der Waals surface area contributed by atoms with Crippen molar-refractivity contribution >= 4 is 34.3 Å². The molecule has 3 aromatic rings. The van der Waals surface area contributed by atoms with Crippen LogP contribution >= 0.6 is 0 Å². The summed E-state index contributed by atoms with van der Waals surface area (Å²) in [5.41, 5.74) is 14.4. The highest BCUT2D eigenvalue weighted by molar-refractivity contribution is 5.99. The first-order valence-electron chi connectivity index (χ1n) is 9.18. The van der Waals surface area contributed by atoms with E-state index in [-0.39, 0.29) is 29.5 Å².